The number of aromatic nitrogens is 2. The van der Waals surface area contributed by atoms with Crippen molar-refractivity contribution >= 4 is 22.4 Å². The fraction of sp³-hybridized carbons (Fsp3) is 0.167. The van der Waals surface area contributed by atoms with Gasteiger partial charge in [0, 0.05) is 11.6 Å². The average molecular weight is 339 g/mol. The molecule has 122 valence electrons. The second-order valence-corrected chi connectivity index (χ2v) is 6.17. The maximum absolute atomic E-state index is 12.1. The Morgan fingerprint density at radius 3 is 2.62 bits per heavy atom. The predicted octanol–water partition coefficient (Wildman–Crippen LogP) is 3.84. The molecule has 0 unspecified atom stereocenters. The van der Waals surface area contributed by atoms with Crippen molar-refractivity contribution in [2.75, 3.05) is 11.9 Å². The molecule has 1 amide bonds. The van der Waals surface area contributed by atoms with Gasteiger partial charge in [0.2, 0.25) is 0 Å². The molecular weight excluding hydrogens is 322 g/mol. The molecule has 1 aromatic carbocycles. The van der Waals surface area contributed by atoms with E-state index >= 15 is 0 Å². The molecule has 2 heterocycles. The number of aryl methyl sites for hydroxylation is 2. The highest BCUT2D eigenvalue weighted by molar-refractivity contribution is 7.14. The molecule has 0 saturated heterocycles. The molecule has 3 aromatic rings. The van der Waals surface area contributed by atoms with Gasteiger partial charge in [0.25, 0.3) is 5.91 Å². The van der Waals surface area contributed by atoms with Crippen LogP contribution in [0.4, 0.5) is 5.13 Å². The third kappa shape index (κ3) is 3.78. The first-order chi connectivity index (χ1) is 11.6. The topological polar surface area (TPSA) is 64.1 Å². The number of para-hydroxylation sites is 1. The van der Waals surface area contributed by atoms with Crippen LogP contribution in [0, 0.1) is 13.8 Å². The van der Waals surface area contributed by atoms with E-state index in [-0.39, 0.29) is 12.5 Å². The molecule has 1 N–H and O–H groups in total. The highest BCUT2D eigenvalue weighted by Gasteiger charge is 2.10. The van der Waals surface area contributed by atoms with Gasteiger partial charge in [-0.2, -0.15) is 0 Å². The number of hydrogen-bond donors (Lipinski definition) is 1. The van der Waals surface area contributed by atoms with Gasteiger partial charge in [0.05, 0.1) is 5.69 Å². The summed E-state index contributed by atoms with van der Waals surface area (Å²) in [5, 5.41) is 5.16. The molecule has 2 aromatic heterocycles. The Hall–Kier alpha value is -2.73. The molecule has 3 rings (SSSR count). The number of thiazole rings is 1. The van der Waals surface area contributed by atoms with Crippen LogP contribution in [0.1, 0.15) is 11.1 Å². The van der Waals surface area contributed by atoms with Gasteiger partial charge < -0.3 is 4.74 Å². The zero-order valence-electron chi connectivity index (χ0n) is 13.4. The molecular formula is C18H17N3O2S. The lowest BCUT2D eigenvalue weighted by Crippen LogP contribution is -2.20. The van der Waals surface area contributed by atoms with Crippen molar-refractivity contribution in [3.8, 4) is 17.1 Å². The minimum atomic E-state index is -0.237. The maximum atomic E-state index is 12.1. The summed E-state index contributed by atoms with van der Waals surface area (Å²) in [4.78, 5) is 20.7. The summed E-state index contributed by atoms with van der Waals surface area (Å²) in [6, 6.07) is 11.5. The number of carbonyl (C=O) groups is 1. The van der Waals surface area contributed by atoms with Crippen LogP contribution in [0.5, 0.6) is 5.75 Å². The number of pyridine rings is 1. The van der Waals surface area contributed by atoms with Gasteiger partial charge >= 0.3 is 0 Å². The maximum Gasteiger partial charge on any atom is 0.264 e. The summed E-state index contributed by atoms with van der Waals surface area (Å²) >= 11 is 1.36. The van der Waals surface area contributed by atoms with Gasteiger partial charge in [0.1, 0.15) is 11.4 Å². The van der Waals surface area contributed by atoms with Crippen LogP contribution in [0.15, 0.2) is 48.0 Å². The number of benzene rings is 1. The Morgan fingerprint density at radius 1 is 1.12 bits per heavy atom. The van der Waals surface area contributed by atoms with E-state index < -0.39 is 0 Å². The zero-order chi connectivity index (χ0) is 16.9. The van der Waals surface area contributed by atoms with Gasteiger partial charge in [-0.05, 0) is 37.1 Å². The van der Waals surface area contributed by atoms with Gasteiger partial charge in [0.15, 0.2) is 11.7 Å². The Morgan fingerprint density at radius 2 is 1.92 bits per heavy atom. The SMILES string of the molecule is Cc1cccc(C)c1OCC(=O)Nc1nc(-c2ccccn2)cs1. The summed E-state index contributed by atoms with van der Waals surface area (Å²) < 4.78 is 5.65. The number of anilines is 1. The van der Waals surface area contributed by atoms with E-state index in [1.165, 1.54) is 11.3 Å². The molecule has 0 fully saturated rings. The first-order valence-corrected chi connectivity index (χ1v) is 8.37. The zero-order valence-corrected chi connectivity index (χ0v) is 14.3. The number of nitrogens with one attached hydrogen (secondary N) is 1. The standard InChI is InChI=1S/C18H17N3O2S/c1-12-6-5-7-13(2)17(12)23-10-16(22)21-18-20-15(11-24-18)14-8-3-4-9-19-14/h3-9,11H,10H2,1-2H3,(H,20,21,22). The molecule has 6 heteroatoms. The van der Waals surface area contributed by atoms with Crippen LogP contribution < -0.4 is 10.1 Å². The summed E-state index contributed by atoms with van der Waals surface area (Å²) in [5.41, 5.74) is 3.54. The number of amides is 1. The Bertz CT molecular complexity index is 826. The van der Waals surface area contributed by atoms with E-state index in [0.717, 1.165) is 28.3 Å². The highest BCUT2D eigenvalue weighted by atomic mass is 32.1. The fourth-order valence-corrected chi connectivity index (χ4v) is 3.00. The van der Waals surface area contributed by atoms with Crippen molar-refractivity contribution in [2.45, 2.75) is 13.8 Å². The minimum absolute atomic E-state index is 0.0514. The monoisotopic (exact) mass is 339 g/mol. The molecule has 0 aliphatic heterocycles. The van der Waals surface area contributed by atoms with Crippen LogP contribution in [0.25, 0.3) is 11.4 Å². The molecule has 24 heavy (non-hydrogen) atoms. The lowest BCUT2D eigenvalue weighted by atomic mass is 10.1. The lowest BCUT2D eigenvalue weighted by Gasteiger charge is -2.11. The molecule has 0 spiro atoms. The lowest BCUT2D eigenvalue weighted by molar-refractivity contribution is -0.118. The smallest absolute Gasteiger partial charge is 0.264 e. The van der Waals surface area contributed by atoms with Crippen molar-refractivity contribution in [3.05, 3.63) is 59.1 Å². The highest BCUT2D eigenvalue weighted by Crippen LogP contribution is 2.24. The first-order valence-electron chi connectivity index (χ1n) is 7.49. The van der Waals surface area contributed by atoms with Crippen molar-refractivity contribution in [2.24, 2.45) is 0 Å². The Balaban J connectivity index is 1.61. The van der Waals surface area contributed by atoms with Crippen LogP contribution >= 0.6 is 11.3 Å². The van der Waals surface area contributed by atoms with Crippen LogP contribution in [0.2, 0.25) is 0 Å². The van der Waals surface area contributed by atoms with Gasteiger partial charge in [-0.3, -0.25) is 15.1 Å². The normalized spacial score (nSPS) is 10.4. The van der Waals surface area contributed by atoms with Crippen LogP contribution in [0.3, 0.4) is 0 Å². The second-order valence-electron chi connectivity index (χ2n) is 5.31. The van der Waals surface area contributed by atoms with E-state index in [9.17, 15) is 4.79 Å². The number of nitrogens with zero attached hydrogens (tertiary/aromatic N) is 2. The molecule has 0 saturated carbocycles. The van der Waals surface area contributed by atoms with E-state index in [1.807, 2.05) is 55.6 Å². The van der Waals surface area contributed by atoms with Gasteiger partial charge in [-0.1, -0.05) is 24.3 Å². The second kappa shape index (κ2) is 7.23. The summed E-state index contributed by atoms with van der Waals surface area (Å²) in [6.45, 7) is 3.87. The van der Waals surface area contributed by atoms with E-state index in [4.69, 9.17) is 4.74 Å². The van der Waals surface area contributed by atoms with Crippen molar-refractivity contribution in [3.63, 3.8) is 0 Å². The van der Waals surface area contributed by atoms with Crippen molar-refractivity contribution < 1.29 is 9.53 Å². The Labute approximate surface area is 144 Å². The molecule has 0 aliphatic carbocycles. The average Bonchev–Trinajstić information content (AvgIpc) is 3.03. The number of hydrogen-bond acceptors (Lipinski definition) is 5. The van der Waals surface area contributed by atoms with Crippen molar-refractivity contribution in [1.82, 2.24) is 9.97 Å². The number of rotatable bonds is 5. The van der Waals surface area contributed by atoms with E-state index in [2.05, 4.69) is 15.3 Å². The van der Waals surface area contributed by atoms with Gasteiger partial charge in [-0.15, -0.1) is 11.3 Å². The predicted molar refractivity (Wildman–Crippen MR) is 95.4 cm³/mol. The van der Waals surface area contributed by atoms with Crippen molar-refractivity contribution in [1.29, 1.82) is 0 Å². The van der Waals surface area contributed by atoms with Gasteiger partial charge in [-0.25, -0.2) is 4.98 Å². The molecule has 5 nitrogen and oxygen atoms in total. The largest absolute Gasteiger partial charge is 0.483 e. The third-order valence-electron chi connectivity index (χ3n) is 3.43. The molecule has 0 radical (unpaired) electrons. The number of ether oxygens (including phenoxy) is 1. The first kappa shape index (κ1) is 16.1. The summed E-state index contributed by atoms with van der Waals surface area (Å²) in [5.74, 6) is 0.514. The number of carbonyl (C=O) groups excluding carboxylic acids is 1. The summed E-state index contributed by atoms with van der Waals surface area (Å²) in [6.07, 6.45) is 1.71. The third-order valence-corrected chi connectivity index (χ3v) is 4.19. The van der Waals surface area contributed by atoms with Crippen LogP contribution in [-0.4, -0.2) is 22.5 Å². The van der Waals surface area contributed by atoms with E-state index in [0.29, 0.717) is 5.13 Å². The minimum Gasteiger partial charge on any atom is -0.483 e. The summed E-state index contributed by atoms with van der Waals surface area (Å²) in [7, 11) is 0. The fourth-order valence-electron chi connectivity index (χ4n) is 2.28. The molecule has 0 aliphatic rings. The molecule has 0 atom stereocenters. The van der Waals surface area contributed by atoms with Crippen LogP contribution in [-0.2, 0) is 4.79 Å². The molecule has 0 bridgehead atoms. The Kier molecular flexibility index (Phi) is 4.86. The van der Waals surface area contributed by atoms with E-state index in [1.54, 1.807) is 6.20 Å². The quantitative estimate of drug-likeness (QED) is 0.767.